The first-order valence-electron chi connectivity index (χ1n) is 7.60. The molecule has 0 aromatic carbocycles. The van der Waals surface area contributed by atoms with E-state index < -0.39 is 12.0 Å². The highest BCUT2D eigenvalue weighted by Gasteiger charge is 2.27. The van der Waals surface area contributed by atoms with Crippen LogP contribution in [0.4, 0.5) is 0 Å². The molecular formula is C15H31NO3. The van der Waals surface area contributed by atoms with E-state index in [0.29, 0.717) is 12.8 Å². The molecule has 0 aliphatic rings. The van der Waals surface area contributed by atoms with Gasteiger partial charge in [-0.05, 0) is 12.8 Å². The number of aliphatic hydroxyl groups is 1. The fourth-order valence-corrected chi connectivity index (χ4v) is 2.14. The normalized spacial score (nSPS) is 14.4. The Balaban J connectivity index is 4.03. The number of carbonyl (C=O) groups is 1. The number of nitrogens with zero attached hydrogens (tertiary/aromatic N) is 1. The van der Waals surface area contributed by atoms with Crippen molar-refractivity contribution in [3.8, 4) is 0 Å². The van der Waals surface area contributed by atoms with Gasteiger partial charge < -0.3 is 9.94 Å². The fraction of sp³-hybridized carbons (Fsp3) is 0.933. The van der Waals surface area contributed by atoms with Crippen LogP contribution in [0.15, 0.2) is 0 Å². The van der Waals surface area contributed by atoms with Crippen molar-refractivity contribution in [2.45, 2.75) is 71.3 Å². The lowest BCUT2D eigenvalue weighted by atomic mass is 9.93. The van der Waals surface area contributed by atoms with E-state index in [9.17, 15) is 9.90 Å². The van der Waals surface area contributed by atoms with Crippen molar-refractivity contribution in [3.63, 3.8) is 0 Å². The molecule has 0 saturated carbocycles. The molecular weight excluding hydrogens is 242 g/mol. The van der Waals surface area contributed by atoms with Crippen LogP contribution in [0.25, 0.3) is 0 Å². The molecule has 0 rings (SSSR count). The molecule has 2 atom stereocenters. The van der Waals surface area contributed by atoms with Gasteiger partial charge in [0.15, 0.2) is 0 Å². The zero-order chi connectivity index (χ0) is 14.7. The molecule has 0 fully saturated rings. The SMILES string of the molecule is CCCCCCCCC(C(=O)ON(C)C)C(O)CC. The van der Waals surface area contributed by atoms with Crippen LogP contribution >= 0.6 is 0 Å². The van der Waals surface area contributed by atoms with E-state index in [1.807, 2.05) is 6.92 Å². The molecule has 0 heterocycles. The Labute approximate surface area is 118 Å². The van der Waals surface area contributed by atoms with Gasteiger partial charge in [0, 0.05) is 14.1 Å². The molecule has 0 spiro atoms. The summed E-state index contributed by atoms with van der Waals surface area (Å²) in [7, 11) is 3.36. The van der Waals surface area contributed by atoms with E-state index in [0.717, 1.165) is 12.8 Å². The van der Waals surface area contributed by atoms with E-state index in [1.54, 1.807) is 14.1 Å². The minimum absolute atomic E-state index is 0.312. The summed E-state index contributed by atoms with van der Waals surface area (Å²) in [4.78, 5) is 17.0. The highest BCUT2D eigenvalue weighted by atomic mass is 16.7. The molecule has 0 aliphatic carbocycles. The predicted molar refractivity (Wildman–Crippen MR) is 77.6 cm³/mol. The van der Waals surface area contributed by atoms with Crippen LogP contribution in [0.5, 0.6) is 0 Å². The van der Waals surface area contributed by atoms with Gasteiger partial charge in [-0.15, -0.1) is 5.06 Å². The third-order valence-corrected chi connectivity index (χ3v) is 3.33. The largest absolute Gasteiger partial charge is 0.392 e. The van der Waals surface area contributed by atoms with Crippen molar-refractivity contribution >= 4 is 5.97 Å². The molecule has 19 heavy (non-hydrogen) atoms. The standard InChI is InChI=1S/C15H31NO3/c1-5-7-8-9-10-11-12-13(14(17)6-2)15(18)19-16(3)4/h13-14,17H,5-12H2,1-4H3. The number of carbonyl (C=O) groups excluding carboxylic acids is 1. The van der Waals surface area contributed by atoms with Crippen molar-refractivity contribution in [1.29, 1.82) is 0 Å². The zero-order valence-corrected chi connectivity index (χ0v) is 13.0. The Kier molecular flexibility index (Phi) is 10.9. The zero-order valence-electron chi connectivity index (χ0n) is 13.0. The van der Waals surface area contributed by atoms with Crippen LogP contribution in [0.2, 0.25) is 0 Å². The topological polar surface area (TPSA) is 49.8 Å². The molecule has 4 heteroatoms. The predicted octanol–water partition coefficient (Wildman–Crippen LogP) is 3.14. The van der Waals surface area contributed by atoms with Crippen LogP contribution < -0.4 is 0 Å². The summed E-state index contributed by atoms with van der Waals surface area (Å²) in [5, 5.41) is 11.3. The van der Waals surface area contributed by atoms with E-state index in [4.69, 9.17) is 4.84 Å². The lowest BCUT2D eigenvalue weighted by Gasteiger charge is -2.22. The Bertz CT molecular complexity index is 231. The maximum absolute atomic E-state index is 11.9. The molecule has 0 saturated heterocycles. The smallest absolute Gasteiger partial charge is 0.330 e. The second-order valence-electron chi connectivity index (χ2n) is 5.36. The van der Waals surface area contributed by atoms with Gasteiger partial charge in [-0.3, -0.25) is 0 Å². The monoisotopic (exact) mass is 273 g/mol. The Morgan fingerprint density at radius 3 is 2.21 bits per heavy atom. The number of hydrogen-bond acceptors (Lipinski definition) is 4. The van der Waals surface area contributed by atoms with Gasteiger partial charge in [0.05, 0.1) is 12.0 Å². The Hall–Kier alpha value is -0.610. The summed E-state index contributed by atoms with van der Waals surface area (Å²) >= 11 is 0. The summed E-state index contributed by atoms with van der Waals surface area (Å²) in [6.07, 6.45) is 7.82. The van der Waals surface area contributed by atoms with Gasteiger partial charge in [0.2, 0.25) is 0 Å². The molecule has 0 aromatic rings. The number of hydroxylamine groups is 2. The quantitative estimate of drug-likeness (QED) is 0.464. The minimum Gasteiger partial charge on any atom is -0.392 e. The first-order valence-corrected chi connectivity index (χ1v) is 7.60. The number of rotatable bonds is 11. The Morgan fingerprint density at radius 1 is 1.11 bits per heavy atom. The van der Waals surface area contributed by atoms with Crippen LogP contribution in [0.1, 0.15) is 65.2 Å². The second kappa shape index (κ2) is 11.2. The fourth-order valence-electron chi connectivity index (χ4n) is 2.14. The average Bonchev–Trinajstić information content (AvgIpc) is 2.36. The van der Waals surface area contributed by atoms with Crippen LogP contribution in [0, 0.1) is 5.92 Å². The van der Waals surface area contributed by atoms with Crippen molar-refractivity contribution in [1.82, 2.24) is 5.06 Å². The van der Waals surface area contributed by atoms with Crippen LogP contribution in [-0.2, 0) is 9.63 Å². The lowest BCUT2D eigenvalue weighted by molar-refractivity contribution is -0.188. The highest BCUT2D eigenvalue weighted by molar-refractivity contribution is 5.72. The number of hydrogen-bond donors (Lipinski definition) is 1. The maximum atomic E-state index is 11.9. The summed E-state index contributed by atoms with van der Waals surface area (Å²) in [5.74, 6) is -0.702. The van der Waals surface area contributed by atoms with E-state index in [1.165, 1.54) is 30.7 Å². The summed E-state index contributed by atoms with van der Waals surface area (Å²) in [6.45, 7) is 4.09. The second-order valence-corrected chi connectivity index (χ2v) is 5.36. The van der Waals surface area contributed by atoms with E-state index in [-0.39, 0.29) is 5.97 Å². The summed E-state index contributed by atoms with van der Waals surface area (Å²) in [6, 6.07) is 0. The molecule has 4 nitrogen and oxygen atoms in total. The van der Waals surface area contributed by atoms with Gasteiger partial charge in [-0.1, -0.05) is 52.4 Å². The van der Waals surface area contributed by atoms with Crippen LogP contribution in [0.3, 0.4) is 0 Å². The first-order chi connectivity index (χ1) is 9.02. The van der Waals surface area contributed by atoms with Gasteiger partial charge in [0.25, 0.3) is 0 Å². The third kappa shape index (κ3) is 9.00. The summed E-state index contributed by atoms with van der Waals surface area (Å²) in [5.41, 5.74) is 0. The van der Waals surface area contributed by atoms with E-state index >= 15 is 0 Å². The minimum atomic E-state index is -0.594. The number of unbranched alkanes of at least 4 members (excludes halogenated alkanes) is 5. The lowest BCUT2D eigenvalue weighted by Crippen LogP contribution is -2.32. The average molecular weight is 273 g/mol. The maximum Gasteiger partial charge on any atom is 0.330 e. The molecule has 114 valence electrons. The highest BCUT2D eigenvalue weighted by Crippen LogP contribution is 2.19. The number of aliphatic hydroxyl groups excluding tert-OH is 1. The van der Waals surface area contributed by atoms with Gasteiger partial charge in [-0.25, -0.2) is 4.79 Å². The summed E-state index contributed by atoms with van der Waals surface area (Å²) < 4.78 is 0. The van der Waals surface area contributed by atoms with Crippen molar-refractivity contribution in [2.75, 3.05) is 14.1 Å². The van der Waals surface area contributed by atoms with Crippen molar-refractivity contribution in [2.24, 2.45) is 5.92 Å². The molecule has 0 amide bonds. The van der Waals surface area contributed by atoms with Gasteiger partial charge >= 0.3 is 5.97 Å². The molecule has 0 radical (unpaired) electrons. The van der Waals surface area contributed by atoms with Crippen molar-refractivity contribution < 1.29 is 14.7 Å². The van der Waals surface area contributed by atoms with Crippen LogP contribution in [-0.4, -0.2) is 36.3 Å². The van der Waals surface area contributed by atoms with Gasteiger partial charge in [0.1, 0.15) is 0 Å². The third-order valence-electron chi connectivity index (χ3n) is 3.33. The molecule has 0 bridgehead atoms. The van der Waals surface area contributed by atoms with Crippen molar-refractivity contribution in [3.05, 3.63) is 0 Å². The Morgan fingerprint density at radius 2 is 1.68 bits per heavy atom. The van der Waals surface area contributed by atoms with E-state index in [2.05, 4.69) is 6.92 Å². The van der Waals surface area contributed by atoms with Gasteiger partial charge in [-0.2, -0.15) is 0 Å². The molecule has 0 aliphatic heterocycles. The molecule has 1 N–H and O–H groups in total. The first kappa shape index (κ1) is 18.4. The molecule has 2 unspecified atom stereocenters. The molecule has 0 aromatic heterocycles.